The van der Waals surface area contributed by atoms with Crippen molar-refractivity contribution in [3.63, 3.8) is 0 Å². The van der Waals surface area contributed by atoms with Crippen molar-refractivity contribution in [3.05, 3.63) is 77.7 Å². The number of benzene rings is 2. The molecule has 1 aliphatic rings. The molecule has 1 radical (unpaired) electrons. The Bertz CT molecular complexity index is 635. The van der Waals surface area contributed by atoms with Gasteiger partial charge < -0.3 is 0 Å². The SMILES string of the molecule is [CH2]CCC(I)(c1ccc(C)cc1)c1ccc(C2CCCCC2)cc1. The second-order valence-corrected chi connectivity index (χ2v) is 9.07. The molecule has 0 heterocycles. The van der Waals surface area contributed by atoms with Crippen LogP contribution in [0.4, 0.5) is 0 Å². The standard InChI is InChI=1S/C23H28I/c1-3-17-23(24,21-13-9-18(2)10-14-21)22-15-11-20(12-16-22)19-7-5-4-6-8-19/h9-16,19H,1,3-8,17H2,2H3. The maximum atomic E-state index is 4.13. The van der Waals surface area contributed by atoms with Crippen LogP contribution in [-0.2, 0) is 3.42 Å². The van der Waals surface area contributed by atoms with Crippen LogP contribution in [0.5, 0.6) is 0 Å². The van der Waals surface area contributed by atoms with E-state index >= 15 is 0 Å². The number of hydrogen-bond acceptors (Lipinski definition) is 0. The van der Waals surface area contributed by atoms with Gasteiger partial charge in [0.05, 0.1) is 3.42 Å². The molecule has 1 fully saturated rings. The van der Waals surface area contributed by atoms with Crippen LogP contribution in [0.15, 0.2) is 48.5 Å². The van der Waals surface area contributed by atoms with Gasteiger partial charge in [0.1, 0.15) is 0 Å². The first-order valence-corrected chi connectivity index (χ1v) is 10.4. The van der Waals surface area contributed by atoms with E-state index < -0.39 is 0 Å². The lowest BCUT2D eigenvalue weighted by Gasteiger charge is -2.30. The summed E-state index contributed by atoms with van der Waals surface area (Å²) in [5.74, 6) is 0.781. The molecule has 0 saturated heterocycles. The van der Waals surface area contributed by atoms with Crippen LogP contribution in [0.2, 0.25) is 0 Å². The van der Waals surface area contributed by atoms with Crippen LogP contribution in [-0.4, -0.2) is 0 Å². The van der Waals surface area contributed by atoms with Crippen molar-refractivity contribution in [2.45, 2.75) is 61.2 Å². The van der Waals surface area contributed by atoms with Crippen LogP contribution in [0.1, 0.15) is 73.1 Å². The molecule has 1 atom stereocenters. The van der Waals surface area contributed by atoms with Gasteiger partial charge >= 0.3 is 0 Å². The molecule has 1 unspecified atom stereocenters. The molecule has 0 nitrogen and oxygen atoms in total. The number of halogens is 1. The summed E-state index contributed by atoms with van der Waals surface area (Å²) in [6.45, 7) is 6.28. The molecule has 0 bridgehead atoms. The van der Waals surface area contributed by atoms with Crippen molar-refractivity contribution < 1.29 is 0 Å². The molecule has 0 aliphatic heterocycles. The second kappa shape index (κ2) is 8.03. The van der Waals surface area contributed by atoms with Crippen molar-refractivity contribution in [1.29, 1.82) is 0 Å². The monoisotopic (exact) mass is 431 g/mol. The molecule has 0 N–H and O–H groups in total. The summed E-state index contributed by atoms with van der Waals surface area (Å²) in [5.41, 5.74) is 5.66. The topological polar surface area (TPSA) is 0 Å². The van der Waals surface area contributed by atoms with Crippen molar-refractivity contribution in [3.8, 4) is 0 Å². The number of aryl methyl sites for hydroxylation is 1. The second-order valence-electron chi connectivity index (χ2n) is 7.23. The lowest BCUT2D eigenvalue weighted by molar-refractivity contribution is 0.443. The van der Waals surface area contributed by atoms with E-state index in [0.717, 1.165) is 18.8 Å². The summed E-state index contributed by atoms with van der Waals surface area (Å²) in [5, 5.41) is 0. The van der Waals surface area contributed by atoms with E-state index in [4.69, 9.17) is 0 Å². The summed E-state index contributed by atoms with van der Waals surface area (Å²) in [7, 11) is 0. The minimum absolute atomic E-state index is 0.0261. The maximum Gasteiger partial charge on any atom is 0.0718 e. The van der Waals surface area contributed by atoms with Crippen molar-refractivity contribution >= 4 is 22.6 Å². The molecule has 127 valence electrons. The van der Waals surface area contributed by atoms with Gasteiger partial charge in [-0.2, -0.15) is 0 Å². The highest BCUT2D eigenvalue weighted by atomic mass is 127. The van der Waals surface area contributed by atoms with Gasteiger partial charge in [0.25, 0.3) is 0 Å². The predicted octanol–water partition coefficient (Wildman–Crippen LogP) is 7.34. The predicted molar refractivity (Wildman–Crippen MR) is 113 cm³/mol. The normalized spacial score (nSPS) is 18.3. The van der Waals surface area contributed by atoms with E-state index in [1.165, 1.54) is 54.4 Å². The number of alkyl halides is 1. The van der Waals surface area contributed by atoms with Crippen LogP contribution in [0.25, 0.3) is 0 Å². The Labute approximate surface area is 161 Å². The first-order valence-electron chi connectivity index (χ1n) is 9.29. The average molecular weight is 431 g/mol. The van der Waals surface area contributed by atoms with Crippen molar-refractivity contribution in [2.24, 2.45) is 0 Å². The molecule has 1 heteroatoms. The number of hydrogen-bond donors (Lipinski definition) is 0. The molecule has 0 spiro atoms. The van der Waals surface area contributed by atoms with E-state index in [1.54, 1.807) is 0 Å². The fraction of sp³-hybridized carbons (Fsp3) is 0.435. The molecule has 24 heavy (non-hydrogen) atoms. The minimum Gasteiger partial charge on any atom is -0.0684 e. The highest BCUT2D eigenvalue weighted by Gasteiger charge is 2.30. The molecule has 1 saturated carbocycles. The van der Waals surface area contributed by atoms with Gasteiger partial charge in [-0.15, -0.1) is 0 Å². The first-order chi connectivity index (χ1) is 11.6. The van der Waals surface area contributed by atoms with Crippen LogP contribution >= 0.6 is 22.6 Å². The third-order valence-electron chi connectivity index (χ3n) is 5.48. The zero-order valence-electron chi connectivity index (χ0n) is 14.7. The number of rotatable bonds is 5. The summed E-state index contributed by atoms with van der Waals surface area (Å²) in [4.78, 5) is 0. The summed E-state index contributed by atoms with van der Waals surface area (Å²) in [6, 6.07) is 18.5. The zero-order chi connectivity index (χ0) is 17.0. The Hall–Kier alpha value is -0.830. The average Bonchev–Trinajstić information content (AvgIpc) is 2.63. The molecule has 0 aromatic heterocycles. The largest absolute Gasteiger partial charge is 0.0718 e. The van der Waals surface area contributed by atoms with Gasteiger partial charge in [-0.3, -0.25) is 0 Å². The van der Waals surface area contributed by atoms with Gasteiger partial charge in [0.15, 0.2) is 0 Å². The Balaban J connectivity index is 1.89. The molecule has 1 aliphatic carbocycles. The third-order valence-corrected chi connectivity index (χ3v) is 7.26. The molecule has 2 aromatic carbocycles. The molecular formula is C23H28I. The molecular weight excluding hydrogens is 403 g/mol. The minimum atomic E-state index is 0.0261. The Kier molecular flexibility index (Phi) is 6.02. The van der Waals surface area contributed by atoms with Gasteiger partial charge in [0, 0.05) is 0 Å². The summed E-state index contributed by atoms with van der Waals surface area (Å²) >= 11 is 2.64. The maximum absolute atomic E-state index is 4.13. The van der Waals surface area contributed by atoms with E-state index in [-0.39, 0.29) is 3.42 Å². The van der Waals surface area contributed by atoms with E-state index in [2.05, 4.69) is 85.0 Å². The summed E-state index contributed by atoms with van der Waals surface area (Å²) in [6.07, 6.45) is 8.96. The van der Waals surface area contributed by atoms with Crippen LogP contribution < -0.4 is 0 Å². The van der Waals surface area contributed by atoms with Gasteiger partial charge in [0.2, 0.25) is 0 Å². The zero-order valence-corrected chi connectivity index (χ0v) is 16.9. The van der Waals surface area contributed by atoms with Gasteiger partial charge in [-0.05, 0) is 48.8 Å². The van der Waals surface area contributed by atoms with E-state index in [9.17, 15) is 0 Å². The van der Waals surface area contributed by atoms with Crippen LogP contribution in [0, 0.1) is 13.8 Å². The Morgan fingerprint density at radius 2 is 1.46 bits per heavy atom. The molecule has 3 rings (SSSR count). The smallest absolute Gasteiger partial charge is 0.0684 e. The Morgan fingerprint density at radius 3 is 2.00 bits per heavy atom. The van der Waals surface area contributed by atoms with Crippen LogP contribution in [0.3, 0.4) is 0 Å². The fourth-order valence-electron chi connectivity index (χ4n) is 3.97. The first kappa shape index (κ1) is 18.0. The highest BCUT2D eigenvalue weighted by molar-refractivity contribution is 14.1. The lowest BCUT2D eigenvalue weighted by Crippen LogP contribution is -2.19. The highest BCUT2D eigenvalue weighted by Crippen LogP contribution is 2.44. The molecule has 2 aromatic rings. The summed E-state index contributed by atoms with van der Waals surface area (Å²) < 4.78 is 0.0261. The van der Waals surface area contributed by atoms with Gasteiger partial charge in [-0.1, -0.05) is 109 Å². The lowest BCUT2D eigenvalue weighted by atomic mass is 9.82. The third kappa shape index (κ3) is 3.87. The van der Waals surface area contributed by atoms with Gasteiger partial charge in [-0.25, -0.2) is 0 Å². The van der Waals surface area contributed by atoms with Crippen molar-refractivity contribution in [1.82, 2.24) is 0 Å². The van der Waals surface area contributed by atoms with E-state index in [0.29, 0.717) is 0 Å². The molecule has 0 amide bonds. The Morgan fingerprint density at radius 1 is 0.917 bits per heavy atom. The quantitative estimate of drug-likeness (QED) is 0.343. The van der Waals surface area contributed by atoms with Crippen molar-refractivity contribution in [2.75, 3.05) is 0 Å². The fourth-order valence-corrected chi connectivity index (χ4v) is 5.07. The van der Waals surface area contributed by atoms with E-state index in [1.807, 2.05) is 0 Å².